The van der Waals surface area contributed by atoms with Crippen LogP contribution in [0.25, 0.3) is 0 Å². The monoisotopic (exact) mass is 168 g/mol. The Bertz CT molecular complexity index is 194. The van der Waals surface area contributed by atoms with Gasteiger partial charge in [0, 0.05) is 6.42 Å². The largest absolute Gasteiger partial charge is 0.461 e. The molecule has 1 rings (SSSR count). The van der Waals surface area contributed by atoms with Crippen molar-refractivity contribution in [3.63, 3.8) is 0 Å². The fourth-order valence-corrected chi connectivity index (χ4v) is 1.21. The molecule has 0 amide bonds. The lowest BCUT2D eigenvalue weighted by Crippen LogP contribution is -2.06. The molecule has 0 radical (unpaired) electrons. The van der Waals surface area contributed by atoms with E-state index in [2.05, 4.69) is 13.0 Å². The normalized spacial score (nSPS) is 30.7. The maximum absolute atomic E-state index is 11.0. The molecular weight excluding hydrogens is 152 g/mol. The lowest BCUT2D eigenvalue weighted by molar-refractivity contribution is -0.142. The minimum Gasteiger partial charge on any atom is -0.461 e. The van der Waals surface area contributed by atoms with E-state index in [4.69, 9.17) is 4.74 Å². The van der Waals surface area contributed by atoms with Crippen LogP contribution in [0.5, 0.6) is 0 Å². The summed E-state index contributed by atoms with van der Waals surface area (Å²) in [5.41, 5.74) is 1.16. The Labute approximate surface area is 73.6 Å². The highest BCUT2D eigenvalue weighted by atomic mass is 16.5. The van der Waals surface area contributed by atoms with Crippen molar-refractivity contribution in [1.82, 2.24) is 0 Å². The van der Waals surface area contributed by atoms with Crippen molar-refractivity contribution in [2.45, 2.75) is 33.1 Å². The molecule has 1 aliphatic heterocycles. The van der Waals surface area contributed by atoms with Gasteiger partial charge in [-0.05, 0) is 31.3 Å². The molecule has 68 valence electrons. The van der Waals surface area contributed by atoms with Crippen molar-refractivity contribution in [2.75, 3.05) is 6.61 Å². The second kappa shape index (κ2) is 4.29. The average Bonchev–Trinajstić information content (AvgIpc) is 2.11. The summed E-state index contributed by atoms with van der Waals surface area (Å²) >= 11 is 0. The maximum atomic E-state index is 11.0. The fraction of sp³-hybridized carbons (Fsp3) is 0.700. The molecule has 0 N–H and O–H groups in total. The first-order chi connectivity index (χ1) is 5.68. The van der Waals surface area contributed by atoms with Gasteiger partial charge >= 0.3 is 5.97 Å². The van der Waals surface area contributed by atoms with Gasteiger partial charge in [0.15, 0.2) is 0 Å². The van der Waals surface area contributed by atoms with E-state index in [1.165, 1.54) is 0 Å². The number of cyclic esters (lactones) is 1. The van der Waals surface area contributed by atoms with Crippen molar-refractivity contribution in [3.05, 3.63) is 11.6 Å². The molecule has 1 heterocycles. The van der Waals surface area contributed by atoms with Crippen LogP contribution in [0.1, 0.15) is 33.1 Å². The molecule has 2 nitrogen and oxygen atoms in total. The van der Waals surface area contributed by atoms with E-state index in [1.807, 2.05) is 6.92 Å². The molecule has 0 spiro atoms. The van der Waals surface area contributed by atoms with Crippen molar-refractivity contribution in [1.29, 1.82) is 0 Å². The number of carbonyl (C=O) groups is 1. The van der Waals surface area contributed by atoms with Gasteiger partial charge in [-0.15, -0.1) is 0 Å². The van der Waals surface area contributed by atoms with Gasteiger partial charge in [-0.2, -0.15) is 0 Å². The molecule has 1 unspecified atom stereocenters. The summed E-state index contributed by atoms with van der Waals surface area (Å²) < 4.78 is 5.02. The van der Waals surface area contributed by atoms with Gasteiger partial charge in [0.05, 0.1) is 0 Å². The van der Waals surface area contributed by atoms with E-state index in [9.17, 15) is 4.79 Å². The minimum atomic E-state index is -0.0588. The van der Waals surface area contributed by atoms with E-state index >= 15 is 0 Å². The highest BCUT2D eigenvalue weighted by Crippen LogP contribution is 2.15. The van der Waals surface area contributed by atoms with E-state index in [0.29, 0.717) is 18.9 Å². The zero-order valence-corrected chi connectivity index (χ0v) is 7.80. The Balaban J connectivity index is 2.54. The van der Waals surface area contributed by atoms with Crippen molar-refractivity contribution in [3.8, 4) is 0 Å². The summed E-state index contributed by atoms with van der Waals surface area (Å²) in [5, 5.41) is 0. The van der Waals surface area contributed by atoms with Gasteiger partial charge in [0.25, 0.3) is 0 Å². The van der Waals surface area contributed by atoms with Crippen LogP contribution < -0.4 is 0 Å². The molecular formula is C10H16O2. The van der Waals surface area contributed by atoms with Gasteiger partial charge in [-0.1, -0.05) is 13.0 Å². The topological polar surface area (TPSA) is 26.3 Å². The molecule has 0 saturated heterocycles. The van der Waals surface area contributed by atoms with E-state index in [1.54, 1.807) is 0 Å². The van der Waals surface area contributed by atoms with Crippen LogP contribution in [0.4, 0.5) is 0 Å². The first-order valence-corrected chi connectivity index (χ1v) is 4.49. The summed E-state index contributed by atoms with van der Waals surface area (Å²) in [5.74, 6) is 0.544. The minimum absolute atomic E-state index is 0.0588. The van der Waals surface area contributed by atoms with Crippen LogP contribution >= 0.6 is 0 Å². The number of hydrogen-bond acceptors (Lipinski definition) is 2. The molecule has 0 aromatic carbocycles. The molecule has 0 saturated carbocycles. The molecule has 2 heteroatoms. The maximum Gasteiger partial charge on any atom is 0.306 e. The SMILES string of the molecule is C/C1=C\CC(C)CCC(=O)OC1. The van der Waals surface area contributed by atoms with Gasteiger partial charge in [-0.3, -0.25) is 4.79 Å². The van der Waals surface area contributed by atoms with Gasteiger partial charge in [-0.25, -0.2) is 0 Å². The second-order valence-corrected chi connectivity index (χ2v) is 3.59. The molecule has 0 fully saturated rings. The zero-order valence-electron chi connectivity index (χ0n) is 7.80. The van der Waals surface area contributed by atoms with Crippen molar-refractivity contribution < 1.29 is 9.53 Å². The van der Waals surface area contributed by atoms with Gasteiger partial charge in [0.1, 0.15) is 6.61 Å². The highest BCUT2D eigenvalue weighted by Gasteiger charge is 2.09. The zero-order chi connectivity index (χ0) is 8.97. The number of hydrogen-bond donors (Lipinski definition) is 0. The predicted molar refractivity (Wildman–Crippen MR) is 47.7 cm³/mol. The number of esters is 1. The van der Waals surface area contributed by atoms with Gasteiger partial charge in [0.2, 0.25) is 0 Å². The Morgan fingerprint density at radius 2 is 2.33 bits per heavy atom. The number of carbonyl (C=O) groups excluding carboxylic acids is 1. The molecule has 12 heavy (non-hydrogen) atoms. The van der Waals surface area contributed by atoms with Crippen LogP contribution in [0, 0.1) is 5.92 Å². The summed E-state index contributed by atoms with van der Waals surface area (Å²) in [6.07, 6.45) is 4.76. The summed E-state index contributed by atoms with van der Waals surface area (Å²) in [6.45, 7) is 4.65. The predicted octanol–water partition coefficient (Wildman–Crippen LogP) is 2.30. The number of allylic oxidation sites excluding steroid dienone is 1. The molecule has 0 aliphatic carbocycles. The quantitative estimate of drug-likeness (QED) is 0.410. The van der Waals surface area contributed by atoms with Crippen LogP contribution in [0.2, 0.25) is 0 Å². The van der Waals surface area contributed by atoms with Gasteiger partial charge < -0.3 is 4.74 Å². The Morgan fingerprint density at radius 3 is 3.08 bits per heavy atom. The van der Waals surface area contributed by atoms with Crippen molar-refractivity contribution >= 4 is 5.97 Å². The molecule has 1 atom stereocenters. The third-order valence-electron chi connectivity index (χ3n) is 2.17. The molecule has 1 aliphatic rings. The lowest BCUT2D eigenvalue weighted by atomic mass is 10.0. The summed E-state index contributed by atoms with van der Waals surface area (Å²) in [7, 11) is 0. The number of ether oxygens (including phenoxy) is 1. The smallest absolute Gasteiger partial charge is 0.306 e. The third kappa shape index (κ3) is 3.07. The fourth-order valence-electron chi connectivity index (χ4n) is 1.21. The van der Waals surface area contributed by atoms with Crippen LogP contribution in [-0.2, 0) is 9.53 Å². The summed E-state index contributed by atoms with van der Waals surface area (Å²) in [4.78, 5) is 11.0. The standard InChI is InChI=1S/C10H16O2/c1-8-3-4-9(2)7-12-10(11)6-5-8/h4,8H,3,5-7H2,1-2H3/b9-4+. The highest BCUT2D eigenvalue weighted by molar-refractivity contribution is 5.69. The molecule has 0 bridgehead atoms. The van der Waals surface area contributed by atoms with E-state index < -0.39 is 0 Å². The third-order valence-corrected chi connectivity index (χ3v) is 2.17. The summed E-state index contributed by atoms with van der Waals surface area (Å²) in [6, 6.07) is 0. The molecule has 0 aromatic rings. The lowest BCUT2D eigenvalue weighted by Gasteiger charge is -2.04. The van der Waals surface area contributed by atoms with E-state index in [0.717, 1.165) is 18.4 Å². The Kier molecular flexibility index (Phi) is 3.32. The molecule has 0 aromatic heterocycles. The first kappa shape index (κ1) is 9.30. The van der Waals surface area contributed by atoms with Crippen molar-refractivity contribution in [2.24, 2.45) is 5.92 Å². The number of rotatable bonds is 0. The van der Waals surface area contributed by atoms with Crippen LogP contribution in [0.15, 0.2) is 11.6 Å². The van der Waals surface area contributed by atoms with Crippen LogP contribution in [0.3, 0.4) is 0 Å². The Hall–Kier alpha value is -0.790. The second-order valence-electron chi connectivity index (χ2n) is 3.59. The average molecular weight is 168 g/mol. The van der Waals surface area contributed by atoms with E-state index in [-0.39, 0.29) is 5.97 Å². The Morgan fingerprint density at radius 1 is 1.58 bits per heavy atom. The first-order valence-electron chi connectivity index (χ1n) is 4.49. The van der Waals surface area contributed by atoms with Crippen LogP contribution in [-0.4, -0.2) is 12.6 Å².